The largest absolute Gasteiger partial charge is 0.482 e. The van der Waals surface area contributed by atoms with Crippen molar-refractivity contribution in [1.29, 1.82) is 0 Å². The maximum Gasteiger partial charge on any atom is 0.344 e. The fourth-order valence-electron chi connectivity index (χ4n) is 2.80. The molecule has 3 aromatic carbocycles. The van der Waals surface area contributed by atoms with Gasteiger partial charge in [-0.25, -0.2) is 4.79 Å². The summed E-state index contributed by atoms with van der Waals surface area (Å²) in [4.78, 5) is 23.7. The summed E-state index contributed by atoms with van der Waals surface area (Å²) in [5.41, 5.74) is 1.14. The molecule has 1 N–H and O–H groups in total. The average Bonchev–Trinajstić information content (AvgIpc) is 2.75. The molecule has 0 fully saturated rings. The summed E-state index contributed by atoms with van der Waals surface area (Å²) in [6.45, 7) is 1.94. The highest BCUT2D eigenvalue weighted by Crippen LogP contribution is 2.20. The zero-order chi connectivity index (χ0) is 19.8. The fourth-order valence-corrected chi connectivity index (χ4v) is 2.80. The molecule has 0 heterocycles. The van der Waals surface area contributed by atoms with Gasteiger partial charge in [0.25, 0.3) is 5.91 Å². The average molecular weight is 377 g/mol. The molecule has 1 amide bonds. The minimum Gasteiger partial charge on any atom is -0.482 e. The quantitative estimate of drug-likeness (QED) is 0.608. The van der Waals surface area contributed by atoms with Gasteiger partial charge in [-0.1, -0.05) is 67.6 Å². The number of rotatable bonds is 8. The summed E-state index contributed by atoms with van der Waals surface area (Å²) in [5.74, 6) is -0.157. The Hall–Kier alpha value is -3.34. The normalized spacial score (nSPS) is 11.6. The molecule has 144 valence electrons. The van der Waals surface area contributed by atoms with Crippen molar-refractivity contribution in [3.63, 3.8) is 0 Å². The van der Waals surface area contributed by atoms with Crippen LogP contribution in [-0.4, -0.2) is 31.6 Å². The van der Waals surface area contributed by atoms with E-state index in [9.17, 15) is 9.59 Å². The van der Waals surface area contributed by atoms with Gasteiger partial charge in [-0.2, -0.15) is 0 Å². The number of amides is 1. The van der Waals surface area contributed by atoms with Gasteiger partial charge in [0, 0.05) is 6.54 Å². The van der Waals surface area contributed by atoms with Crippen molar-refractivity contribution in [3.8, 4) is 5.75 Å². The third kappa shape index (κ3) is 5.58. The van der Waals surface area contributed by atoms with Crippen molar-refractivity contribution >= 4 is 22.6 Å². The molecule has 3 rings (SSSR count). The van der Waals surface area contributed by atoms with Gasteiger partial charge in [0.2, 0.25) is 0 Å². The molecule has 0 aliphatic rings. The minimum absolute atomic E-state index is 0.178. The number of nitrogens with one attached hydrogen (secondary N) is 1. The molecular weight excluding hydrogens is 354 g/mol. The lowest BCUT2D eigenvalue weighted by atomic mass is 10.0. The first-order valence-corrected chi connectivity index (χ1v) is 9.20. The van der Waals surface area contributed by atoms with Crippen LogP contribution in [0.4, 0.5) is 0 Å². The summed E-state index contributed by atoms with van der Waals surface area (Å²) in [7, 11) is 0. The number of fused-ring (bicyclic) bond motifs is 1. The van der Waals surface area contributed by atoms with E-state index >= 15 is 0 Å². The fraction of sp³-hybridized carbons (Fsp3) is 0.217. The second-order valence-electron chi connectivity index (χ2n) is 6.57. The van der Waals surface area contributed by atoms with Crippen molar-refractivity contribution in [2.75, 3.05) is 19.8 Å². The van der Waals surface area contributed by atoms with E-state index in [1.54, 1.807) is 6.07 Å². The number of carbonyl (C=O) groups excluding carboxylic acids is 2. The van der Waals surface area contributed by atoms with Crippen LogP contribution in [0.15, 0.2) is 72.8 Å². The maximum atomic E-state index is 11.9. The number of ether oxygens (including phenoxy) is 2. The van der Waals surface area contributed by atoms with Gasteiger partial charge < -0.3 is 14.8 Å². The van der Waals surface area contributed by atoms with Crippen LogP contribution in [0, 0.1) is 0 Å². The summed E-state index contributed by atoms with van der Waals surface area (Å²) in [6, 6.07) is 23.4. The van der Waals surface area contributed by atoms with Gasteiger partial charge >= 0.3 is 5.97 Å². The van der Waals surface area contributed by atoms with E-state index in [0.29, 0.717) is 12.3 Å². The van der Waals surface area contributed by atoms with Crippen LogP contribution in [0.2, 0.25) is 0 Å². The molecule has 0 aliphatic carbocycles. The second kappa shape index (κ2) is 9.55. The number of benzene rings is 3. The first kappa shape index (κ1) is 19.4. The van der Waals surface area contributed by atoms with Crippen LogP contribution in [-0.2, 0) is 14.3 Å². The van der Waals surface area contributed by atoms with E-state index < -0.39 is 5.97 Å². The molecule has 3 aromatic rings. The Bertz CT molecular complexity index is 939. The van der Waals surface area contributed by atoms with Crippen molar-refractivity contribution in [2.45, 2.75) is 12.8 Å². The monoisotopic (exact) mass is 377 g/mol. The molecule has 0 unspecified atom stereocenters. The molecule has 0 aliphatic heterocycles. The minimum atomic E-state index is -0.584. The Morgan fingerprint density at radius 3 is 2.39 bits per heavy atom. The lowest BCUT2D eigenvalue weighted by Crippen LogP contribution is -2.32. The van der Waals surface area contributed by atoms with E-state index in [-0.39, 0.29) is 25.0 Å². The van der Waals surface area contributed by atoms with Gasteiger partial charge in [-0.15, -0.1) is 0 Å². The van der Waals surface area contributed by atoms with E-state index in [2.05, 4.69) is 5.32 Å². The number of hydrogen-bond acceptors (Lipinski definition) is 4. The highest BCUT2D eigenvalue weighted by atomic mass is 16.6. The third-order valence-corrected chi connectivity index (χ3v) is 4.42. The standard InChI is InChI=1S/C23H23NO4/c1-17(18-7-3-2-4-8-18)14-24-22(25)15-28-23(26)16-27-21-12-11-19-9-5-6-10-20(19)13-21/h2-13,17H,14-16H2,1H3,(H,24,25)/t17-/m0/s1. The smallest absolute Gasteiger partial charge is 0.344 e. The first-order valence-electron chi connectivity index (χ1n) is 9.20. The van der Waals surface area contributed by atoms with Crippen LogP contribution in [0.25, 0.3) is 10.8 Å². The van der Waals surface area contributed by atoms with Crippen molar-refractivity contribution in [3.05, 3.63) is 78.4 Å². The molecule has 5 heteroatoms. The highest BCUT2D eigenvalue weighted by Gasteiger charge is 2.11. The van der Waals surface area contributed by atoms with Crippen molar-refractivity contribution in [1.82, 2.24) is 5.32 Å². The summed E-state index contributed by atoms with van der Waals surface area (Å²) in [5, 5.41) is 4.90. The van der Waals surface area contributed by atoms with Crippen LogP contribution in [0.5, 0.6) is 5.75 Å². The van der Waals surface area contributed by atoms with E-state index in [1.165, 1.54) is 0 Å². The molecule has 1 atom stereocenters. The topological polar surface area (TPSA) is 64.6 Å². The second-order valence-corrected chi connectivity index (χ2v) is 6.57. The summed E-state index contributed by atoms with van der Waals surface area (Å²) in [6.07, 6.45) is 0. The SMILES string of the molecule is C[C@@H](CNC(=O)COC(=O)COc1ccc2ccccc2c1)c1ccccc1. The molecule has 0 radical (unpaired) electrons. The van der Waals surface area contributed by atoms with Gasteiger partial charge in [-0.3, -0.25) is 4.79 Å². The van der Waals surface area contributed by atoms with Crippen molar-refractivity contribution < 1.29 is 19.1 Å². The Morgan fingerprint density at radius 1 is 0.893 bits per heavy atom. The lowest BCUT2D eigenvalue weighted by molar-refractivity contribution is -0.150. The Labute approximate surface area is 164 Å². The molecule has 0 spiro atoms. The maximum absolute atomic E-state index is 11.9. The Morgan fingerprint density at radius 2 is 1.61 bits per heavy atom. The predicted molar refractivity (Wildman–Crippen MR) is 108 cm³/mol. The van der Waals surface area contributed by atoms with E-state index in [4.69, 9.17) is 9.47 Å². The molecular formula is C23H23NO4. The number of hydrogen-bond donors (Lipinski definition) is 1. The van der Waals surface area contributed by atoms with E-state index in [1.807, 2.05) is 73.7 Å². The summed E-state index contributed by atoms with van der Waals surface area (Å²) < 4.78 is 10.4. The summed E-state index contributed by atoms with van der Waals surface area (Å²) >= 11 is 0. The van der Waals surface area contributed by atoms with E-state index in [0.717, 1.165) is 16.3 Å². The van der Waals surface area contributed by atoms with Crippen LogP contribution in [0.1, 0.15) is 18.4 Å². The molecule has 0 aromatic heterocycles. The first-order chi connectivity index (χ1) is 13.6. The molecule has 5 nitrogen and oxygen atoms in total. The van der Waals surface area contributed by atoms with Crippen LogP contribution >= 0.6 is 0 Å². The zero-order valence-electron chi connectivity index (χ0n) is 15.8. The molecule has 0 saturated carbocycles. The molecule has 0 bridgehead atoms. The third-order valence-electron chi connectivity index (χ3n) is 4.42. The number of esters is 1. The van der Waals surface area contributed by atoms with Crippen LogP contribution in [0.3, 0.4) is 0 Å². The Balaban J connectivity index is 1.38. The van der Waals surface area contributed by atoms with Crippen molar-refractivity contribution in [2.24, 2.45) is 0 Å². The molecule has 28 heavy (non-hydrogen) atoms. The van der Waals surface area contributed by atoms with Gasteiger partial charge in [-0.05, 0) is 34.4 Å². The Kier molecular flexibility index (Phi) is 6.63. The van der Waals surface area contributed by atoms with Gasteiger partial charge in [0.15, 0.2) is 13.2 Å². The highest BCUT2D eigenvalue weighted by molar-refractivity contribution is 5.84. The predicted octanol–water partition coefficient (Wildman–Crippen LogP) is 3.68. The van der Waals surface area contributed by atoms with Crippen LogP contribution < -0.4 is 10.1 Å². The lowest BCUT2D eigenvalue weighted by Gasteiger charge is -2.13. The number of carbonyl (C=O) groups is 2. The molecule has 0 saturated heterocycles. The van der Waals surface area contributed by atoms with Gasteiger partial charge in [0.05, 0.1) is 0 Å². The zero-order valence-corrected chi connectivity index (χ0v) is 15.8. The van der Waals surface area contributed by atoms with Gasteiger partial charge in [0.1, 0.15) is 5.75 Å².